The SMILES string of the molecule is CNC1C(O)CC2(OC([C@@H](O)C3OC(C)(OC=O)CC(O)C3N)COC2=O)OC1[C@H](O)[C@@H](CO)OC. The maximum absolute atomic E-state index is 12.8. The zero-order valence-electron chi connectivity index (χ0n) is 20.3. The number of hydrogen-bond acceptors (Lipinski definition) is 15. The molecular formula is C21H36N2O13. The predicted octanol–water partition coefficient (Wildman–Crippen LogP) is -4.54. The average molecular weight is 525 g/mol. The zero-order chi connectivity index (χ0) is 26.8. The molecule has 1 spiro atoms. The van der Waals surface area contributed by atoms with Crippen LogP contribution in [0.25, 0.3) is 0 Å². The van der Waals surface area contributed by atoms with Gasteiger partial charge in [-0.1, -0.05) is 0 Å². The van der Waals surface area contributed by atoms with Crippen LogP contribution < -0.4 is 11.1 Å². The Morgan fingerprint density at radius 2 is 1.89 bits per heavy atom. The summed E-state index contributed by atoms with van der Waals surface area (Å²) in [5.74, 6) is -4.83. The number of cyclic esters (lactones) is 1. The van der Waals surface area contributed by atoms with E-state index in [1.807, 2.05) is 0 Å². The molecule has 3 aliphatic heterocycles. The molecule has 12 atom stereocenters. The van der Waals surface area contributed by atoms with Crippen molar-refractivity contribution in [1.29, 1.82) is 0 Å². The van der Waals surface area contributed by atoms with Crippen LogP contribution in [0.3, 0.4) is 0 Å². The first kappa shape index (κ1) is 29.1. The van der Waals surface area contributed by atoms with E-state index in [-0.39, 0.29) is 12.9 Å². The minimum Gasteiger partial charge on any atom is -0.459 e. The first-order valence-corrected chi connectivity index (χ1v) is 11.6. The second-order valence-corrected chi connectivity index (χ2v) is 9.39. The lowest BCUT2D eigenvalue weighted by atomic mass is 9.87. The average Bonchev–Trinajstić information content (AvgIpc) is 2.83. The van der Waals surface area contributed by atoms with E-state index >= 15 is 0 Å². The molecule has 0 amide bonds. The number of carbonyl (C=O) groups is 2. The fourth-order valence-electron chi connectivity index (χ4n) is 4.94. The number of nitrogens with one attached hydrogen (secondary N) is 1. The summed E-state index contributed by atoms with van der Waals surface area (Å²) < 4.78 is 32.7. The number of nitrogens with two attached hydrogens (primary N) is 1. The molecule has 3 saturated heterocycles. The largest absolute Gasteiger partial charge is 0.459 e. The molecule has 3 heterocycles. The normalized spacial score (nSPS) is 43.9. The Morgan fingerprint density at radius 1 is 1.19 bits per heavy atom. The maximum atomic E-state index is 12.8. The van der Waals surface area contributed by atoms with Crippen LogP contribution in [-0.4, -0.2) is 138 Å². The minimum atomic E-state index is -2.24. The molecule has 0 aromatic carbocycles. The lowest BCUT2D eigenvalue weighted by Gasteiger charge is -2.51. The first-order valence-electron chi connectivity index (χ1n) is 11.6. The third-order valence-corrected chi connectivity index (χ3v) is 6.94. The van der Waals surface area contributed by atoms with Crippen LogP contribution in [-0.2, 0) is 38.0 Å². The zero-order valence-corrected chi connectivity index (χ0v) is 20.3. The van der Waals surface area contributed by atoms with Crippen molar-refractivity contribution in [2.24, 2.45) is 5.73 Å². The monoisotopic (exact) mass is 524 g/mol. The summed E-state index contributed by atoms with van der Waals surface area (Å²) in [6.07, 6.45) is -11.2. The van der Waals surface area contributed by atoms with E-state index in [0.29, 0.717) is 0 Å². The van der Waals surface area contributed by atoms with Gasteiger partial charge in [0, 0.05) is 26.9 Å². The van der Waals surface area contributed by atoms with Gasteiger partial charge >= 0.3 is 5.97 Å². The quantitative estimate of drug-likeness (QED) is 0.111. The summed E-state index contributed by atoms with van der Waals surface area (Å²) in [5, 5.41) is 55.4. The molecular weight excluding hydrogens is 488 g/mol. The predicted molar refractivity (Wildman–Crippen MR) is 116 cm³/mol. The summed E-state index contributed by atoms with van der Waals surface area (Å²) in [5.41, 5.74) is 6.04. The van der Waals surface area contributed by atoms with E-state index in [0.717, 1.165) is 0 Å². The summed E-state index contributed by atoms with van der Waals surface area (Å²) in [6, 6.07) is -2.00. The maximum Gasteiger partial charge on any atom is 0.367 e. The van der Waals surface area contributed by atoms with Crippen molar-refractivity contribution in [3.63, 3.8) is 0 Å². The Labute approximate surface area is 207 Å². The molecule has 0 aromatic heterocycles. The highest BCUT2D eigenvalue weighted by Crippen LogP contribution is 2.39. The molecule has 15 heteroatoms. The lowest BCUT2D eigenvalue weighted by Crippen LogP contribution is -2.71. The molecule has 3 fully saturated rings. The number of carbonyl (C=O) groups excluding carboxylic acids is 2. The highest BCUT2D eigenvalue weighted by molar-refractivity contribution is 5.79. The van der Waals surface area contributed by atoms with Crippen LogP contribution in [0.5, 0.6) is 0 Å². The van der Waals surface area contributed by atoms with Crippen LogP contribution in [0.4, 0.5) is 0 Å². The van der Waals surface area contributed by atoms with Gasteiger partial charge in [0.25, 0.3) is 12.3 Å². The summed E-state index contributed by atoms with van der Waals surface area (Å²) in [6.45, 7) is 0.498. The standard InChI is InChI=1S/C21H36N2O13/c1-20(33-8-25)4-9(26)13(22)17(35-20)16(29)12-7-32-19(30)21(34-12)5-10(27)14(23-2)18(36-21)15(28)11(6-24)31-3/h8-18,23-24,26-29H,4-7,22H2,1-3H3/t9?,10?,11-,12?,13?,14?,15-,16-,17?,18?,20?,21?/m1/s1. The first-order chi connectivity index (χ1) is 17.0. The third-order valence-electron chi connectivity index (χ3n) is 6.94. The van der Waals surface area contributed by atoms with Gasteiger partial charge in [0.05, 0.1) is 30.9 Å². The summed E-state index contributed by atoms with van der Waals surface area (Å²) >= 11 is 0. The molecule has 15 nitrogen and oxygen atoms in total. The molecule has 3 aliphatic rings. The molecule has 208 valence electrons. The molecule has 0 saturated carbocycles. The van der Waals surface area contributed by atoms with Gasteiger partial charge in [-0.2, -0.15) is 0 Å². The van der Waals surface area contributed by atoms with E-state index in [9.17, 15) is 35.1 Å². The Balaban J connectivity index is 1.86. The van der Waals surface area contributed by atoms with E-state index in [1.54, 1.807) is 0 Å². The molecule has 0 aliphatic carbocycles. The summed E-state index contributed by atoms with van der Waals surface area (Å²) in [4.78, 5) is 23.7. The van der Waals surface area contributed by atoms with Crippen LogP contribution in [0.15, 0.2) is 0 Å². The van der Waals surface area contributed by atoms with Crippen molar-refractivity contribution in [3.8, 4) is 0 Å². The molecule has 9 unspecified atom stereocenters. The Hall–Kier alpha value is -1.50. The van der Waals surface area contributed by atoms with Gasteiger partial charge in [-0.05, 0) is 7.05 Å². The number of likely N-dealkylation sites (N-methyl/N-ethyl adjacent to an activating group) is 1. The van der Waals surface area contributed by atoms with E-state index in [1.165, 1.54) is 21.1 Å². The van der Waals surface area contributed by atoms with Gasteiger partial charge in [0.1, 0.15) is 43.2 Å². The van der Waals surface area contributed by atoms with Gasteiger partial charge in [-0.15, -0.1) is 0 Å². The smallest absolute Gasteiger partial charge is 0.367 e. The fourth-order valence-corrected chi connectivity index (χ4v) is 4.94. The van der Waals surface area contributed by atoms with Gasteiger partial charge in [0.15, 0.2) is 0 Å². The topological polar surface area (TPSA) is 229 Å². The minimum absolute atomic E-state index is 0.140. The van der Waals surface area contributed by atoms with E-state index in [4.69, 9.17) is 34.2 Å². The fraction of sp³-hybridized carbons (Fsp3) is 0.905. The van der Waals surface area contributed by atoms with Crippen LogP contribution >= 0.6 is 0 Å². The molecule has 36 heavy (non-hydrogen) atoms. The van der Waals surface area contributed by atoms with Crippen LogP contribution in [0.1, 0.15) is 19.8 Å². The summed E-state index contributed by atoms with van der Waals surface area (Å²) in [7, 11) is 2.77. The highest BCUT2D eigenvalue weighted by Gasteiger charge is 2.60. The van der Waals surface area contributed by atoms with Gasteiger partial charge in [0.2, 0.25) is 5.79 Å². The van der Waals surface area contributed by atoms with E-state index in [2.05, 4.69) is 5.32 Å². The Morgan fingerprint density at radius 3 is 2.47 bits per heavy atom. The van der Waals surface area contributed by atoms with Crippen molar-refractivity contribution < 1.29 is 63.5 Å². The number of esters is 1. The number of rotatable bonds is 9. The van der Waals surface area contributed by atoms with E-state index < -0.39 is 98.1 Å². The molecule has 0 radical (unpaired) electrons. The van der Waals surface area contributed by atoms with Crippen molar-refractivity contribution in [1.82, 2.24) is 5.32 Å². The van der Waals surface area contributed by atoms with Crippen molar-refractivity contribution in [3.05, 3.63) is 0 Å². The van der Waals surface area contributed by atoms with Gasteiger partial charge in [-0.3, -0.25) is 4.79 Å². The number of ether oxygens (including phenoxy) is 6. The number of hydrogen-bond donors (Lipinski definition) is 7. The van der Waals surface area contributed by atoms with Gasteiger partial charge < -0.3 is 65.0 Å². The third kappa shape index (κ3) is 5.51. The molecule has 8 N–H and O–H groups in total. The molecule has 3 rings (SSSR count). The van der Waals surface area contributed by atoms with Crippen molar-refractivity contribution in [2.75, 3.05) is 27.4 Å². The van der Waals surface area contributed by atoms with Crippen LogP contribution in [0, 0.1) is 0 Å². The van der Waals surface area contributed by atoms with Gasteiger partial charge in [-0.25, -0.2) is 4.79 Å². The molecule has 0 aromatic rings. The Kier molecular flexibility index (Phi) is 9.27. The number of aliphatic hydroxyl groups excluding tert-OH is 5. The van der Waals surface area contributed by atoms with Crippen molar-refractivity contribution in [2.45, 2.75) is 92.3 Å². The second kappa shape index (κ2) is 11.5. The number of methoxy groups -OCH3 is 1. The Bertz CT molecular complexity index is 772. The lowest BCUT2D eigenvalue weighted by molar-refractivity contribution is -0.359. The second-order valence-electron chi connectivity index (χ2n) is 9.39. The van der Waals surface area contributed by atoms with Crippen LogP contribution in [0.2, 0.25) is 0 Å². The van der Waals surface area contributed by atoms with Crippen molar-refractivity contribution >= 4 is 12.4 Å². The highest BCUT2D eigenvalue weighted by atomic mass is 16.8. The number of aliphatic hydroxyl groups is 5. The molecule has 0 bridgehead atoms.